The first kappa shape index (κ1) is 12.9. The van der Waals surface area contributed by atoms with Gasteiger partial charge in [0.05, 0.1) is 17.4 Å². The van der Waals surface area contributed by atoms with E-state index in [-0.39, 0.29) is 6.04 Å². The van der Waals surface area contributed by atoms with Gasteiger partial charge >= 0.3 is 0 Å². The van der Waals surface area contributed by atoms with Gasteiger partial charge in [0.15, 0.2) is 0 Å². The zero-order valence-electron chi connectivity index (χ0n) is 11.9. The molecule has 0 amide bonds. The van der Waals surface area contributed by atoms with Crippen molar-refractivity contribution in [2.24, 2.45) is 5.73 Å². The minimum Gasteiger partial charge on any atom is -0.328 e. The van der Waals surface area contributed by atoms with Crippen molar-refractivity contribution in [3.8, 4) is 5.69 Å². The van der Waals surface area contributed by atoms with Gasteiger partial charge in [0.2, 0.25) is 0 Å². The van der Waals surface area contributed by atoms with Gasteiger partial charge in [0.25, 0.3) is 0 Å². The molecule has 0 saturated heterocycles. The highest BCUT2D eigenvalue weighted by atomic mass is 15.3. The van der Waals surface area contributed by atoms with Crippen LogP contribution in [0.15, 0.2) is 48.7 Å². The fourth-order valence-corrected chi connectivity index (χ4v) is 2.55. The van der Waals surface area contributed by atoms with E-state index in [0.29, 0.717) is 0 Å². The van der Waals surface area contributed by atoms with Gasteiger partial charge in [0.1, 0.15) is 0 Å². The van der Waals surface area contributed by atoms with E-state index in [4.69, 9.17) is 5.73 Å². The van der Waals surface area contributed by atoms with E-state index in [0.717, 1.165) is 23.0 Å². The van der Waals surface area contributed by atoms with Gasteiger partial charge in [-0.3, -0.25) is 0 Å². The highest BCUT2D eigenvalue weighted by molar-refractivity contribution is 5.80. The van der Waals surface area contributed by atoms with E-state index in [9.17, 15) is 0 Å². The van der Waals surface area contributed by atoms with Crippen molar-refractivity contribution in [3.05, 3.63) is 59.8 Å². The van der Waals surface area contributed by atoms with Crippen LogP contribution in [-0.2, 0) is 6.42 Å². The third-order valence-corrected chi connectivity index (χ3v) is 3.54. The molecule has 0 aliphatic heterocycles. The zero-order valence-corrected chi connectivity index (χ0v) is 11.9. The van der Waals surface area contributed by atoms with Crippen molar-refractivity contribution in [3.63, 3.8) is 0 Å². The molecule has 1 atom stereocenters. The molecule has 3 rings (SSSR count). The van der Waals surface area contributed by atoms with Crippen LogP contribution in [0.4, 0.5) is 0 Å². The molecule has 1 unspecified atom stereocenters. The first-order valence-electron chi connectivity index (χ1n) is 6.93. The van der Waals surface area contributed by atoms with Crippen molar-refractivity contribution in [2.75, 3.05) is 0 Å². The molecular weight excluding hydrogens is 246 g/mol. The molecule has 0 aliphatic carbocycles. The Balaban J connectivity index is 2.13. The number of aromatic nitrogens is 2. The highest BCUT2D eigenvalue weighted by Crippen LogP contribution is 2.22. The number of benzene rings is 2. The van der Waals surface area contributed by atoms with Gasteiger partial charge in [-0.1, -0.05) is 30.3 Å². The van der Waals surface area contributed by atoms with E-state index < -0.39 is 0 Å². The molecule has 0 aliphatic rings. The average Bonchev–Trinajstić information content (AvgIpc) is 2.84. The molecule has 1 aromatic heterocycles. The fourth-order valence-electron chi connectivity index (χ4n) is 2.55. The van der Waals surface area contributed by atoms with Gasteiger partial charge in [-0.2, -0.15) is 5.10 Å². The van der Waals surface area contributed by atoms with Crippen LogP contribution in [0.25, 0.3) is 16.6 Å². The predicted octanol–water partition coefficient (Wildman–Crippen LogP) is 3.22. The molecule has 0 radical (unpaired) electrons. The molecule has 3 nitrogen and oxygen atoms in total. The van der Waals surface area contributed by atoms with Gasteiger partial charge in [0, 0.05) is 11.4 Å². The minimum absolute atomic E-state index is 0.167. The lowest BCUT2D eigenvalue weighted by Gasteiger charge is -2.11. The number of nitrogens with zero attached hydrogens (tertiary/aromatic N) is 2. The molecule has 2 aromatic carbocycles. The molecule has 0 saturated carbocycles. The van der Waals surface area contributed by atoms with E-state index >= 15 is 0 Å². The Morgan fingerprint density at radius 3 is 2.80 bits per heavy atom. The molecule has 3 aromatic rings. The Morgan fingerprint density at radius 1 is 1.20 bits per heavy atom. The van der Waals surface area contributed by atoms with Crippen LogP contribution in [-0.4, -0.2) is 15.8 Å². The largest absolute Gasteiger partial charge is 0.328 e. The molecular formula is C17H19N3. The number of hydrogen-bond donors (Lipinski definition) is 1. The summed E-state index contributed by atoms with van der Waals surface area (Å²) in [6.45, 7) is 4.14. The third-order valence-electron chi connectivity index (χ3n) is 3.54. The Morgan fingerprint density at radius 2 is 2.00 bits per heavy atom. The van der Waals surface area contributed by atoms with Crippen LogP contribution < -0.4 is 5.73 Å². The third kappa shape index (κ3) is 2.32. The second kappa shape index (κ2) is 5.10. The smallest absolute Gasteiger partial charge is 0.0741 e. The fraction of sp³-hybridized carbons (Fsp3) is 0.235. The second-order valence-electron chi connectivity index (χ2n) is 5.42. The number of hydrogen-bond acceptors (Lipinski definition) is 2. The first-order chi connectivity index (χ1) is 9.65. The summed E-state index contributed by atoms with van der Waals surface area (Å²) in [4.78, 5) is 0. The van der Waals surface area contributed by atoms with E-state index in [1.54, 1.807) is 0 Å². The summed E-state index contributed by atoms with van der Waals surface area (Å²) in [5.41, 5.74) is 10.6. The summed E-state index contributed by atoms with van der Waals surface area (Å²) in [5.74, 6) is 0. The number of rotatable bonds is 3. The lowest BCUT2D eigenvalue weighted by Crippen LogP contribution is -2.18. The lowest BCUT2D eigenvalue weighted by atomic mass is 10.0. The topological polar surface area (TPSA) is 43.8 Å². The molecule has 102 valence electrons. The molecule has 0 spiro atoms. The van der Waals surface area contributed by atoms with Crippen molar-refractivity contribution in [2.45, 2.75) is 26.3 Å². The van der Waals surface area contributed by atoms with E-state index in [1.807, 2.05) is 29.9 Å². The summed E-state index contributed by atoms with van der Waals surface area (Å²) in [7, 11) is 0. The lowest BCUT2D eigenvalue weighted by molar-refractivity contribution is 0.736. The van der Waals surface area contributed by atoms with Gasteiger partial charge < -0.3 is 5.73 Å². The van der Waals surface area contributed by atoms with Gasteiger partial charge in [-0.05, 0) is 43.5 Å². The van der Waals surface area contributed by atoms with Crippen LogP contribution in [0, 0.1) is 6.92 Å². The first-order valence-corrected chi connectivity index (χ1v) is 6.93. The van der Waals surface area contributed by atoms with Crippen LogP contribution in [0.2, 0.25) is 0 Å². The van der Waals surface area contributed by atoms with Crippen molar-refractivity contribution in [1.29, 1.82) is 0 Å². The van der Waals surface area contributed by atoms with Crippen LogP contribution in [0.3, 0.4) is 0 Å². The van der Waals surface area contributed by atoms with Gasteiger partial charge in [-0.15, -0.1) is 0 Å². The molecule has 0 fully saturated rings. The van der Waals surface area contributed by atoms with E-state index in [2.05, 4.69) is 42.4 Å². The van der Waals surface area contributed by atoms with E-state index in [1.165, 1.54) is 11.1 Å². The average molecular weight is 265 g/mol. The van der Waals surface area contributed by atoms with Gasteiger partial charge in [-0.25, -0.2) is 4.68 Å². The number of aryl methyl sites for hydroxylation is 1. The maximum Gasteiger partial charge on any atom is 0.0741 e. The normalized spacial score (nSPS) is 12.8. The van der Waals surface area contributed by atoms with Crippen molar-refractivity contribution in [1.82, 2.24) is 9.78 Å². The standard InChI is InChI=1S/C17H19N3/c1-12-7-8-14(9-13(2)18)10-17(12)20-16-6-4-3-5-15(16)11-19-20/h3-8,10-11,13H,9,18H2,1-2H3. The SMILES string of the molecule is Cc1ccc(CC(C)N)cc1-n1ncc2ccccc21. The van der Waals surface area contributed by atoms with Crippen LogP contribution in [0.5, 0.6) is 0 Å². The molecule has 20 heavy (non-hydrogen) atoms. The summed E-state index contributed by atoms with van der Waals surface area (Å²) in [6.07, 6.45) is 2.79. The van der Waals surface area contributed by atoms with Crippen molar-refractivity contribution < 1.29 is 0 Å². The summed E-state index contributed by atoms with van der Waals surface area (Å²) in [5, 5.41) is 5.69. The predicted molar refractivity (Wildman–Crippen MR) is 83.2 cm³/mol. The van der Waals surface area contributed by atoms with Crippen molar-refractivity contribution >= 4 is 10.9 Å². The monoisotopic (exact) mass is 265 g/mol. The number of fused-ring (bicyclic) bond motifs is 1. The minimum atomic E-state index is 0.167. The highest BCUT2D eigenvalue weighted by Gasteiger charge is 2.08. The summed E-state index contributed by atoms with van der Waals surface area (Å²) < 4.78 is 2.01. The Hall–Kier alpha value is -2.13. The zero-order chi connectivity index (χ0) is 14.1. The Bertz CT molecular complexity index is 741. The molecule has 2 N–H and O–H groups in total. The maximum absolute atomic E-state index is 5.90. The Labute approximate surface area is 119 Å². The Kier molecular flexibility index (Phi) is 3.28. The second-order valence-corrected chi connectivity index (χ2v) is 5.42. The van der Waals surface area contributed by atoms with Crippen LogP contribution in [0.1, 0.15) is 18.1 Å². The number of para-hydroxylation sites is 1. The summed E-state index contributed by atoms with van der Waals surface area (Å²) >= 11 is 0. The maximum atomic E-state index is 5.90. The van der Waals surface area contributed by atoms with Crippen LogP contribution >= 0.6 is 0 Å². The number of nitrogens with two attached hydrogens (primary N) is 1. The quantitative estimate of drug-likeness (QED) is 0.790. The summed E-state index contributed by atoms with van der Waals surface area (Å²) in [6, 6.07) is 14.9. The molecule has 3 heteroatoms. The molecule has 0 bridgehead atoms. The molecule has 1 heterocycles.